The highest BCUT2D eigenvalue weighted by atomic mass is 16.5. The summed E-state index contributed by atoms with van der Waals surface area (Å²) in [5.41, 5.74) is 3.67. The molecular weight excluding hydrogens is 334 g/mol. The molecule has 0 bridgehead atoms. The van der Waals surface area contributed by atoms with Gasteiger partial charge in [-0.25, -0.2) is 0 Å². The quantitative estimate of drug-likeness (QED) is 0.835. The van der Waals surface area contributed by atoms with Crippen LogP contribution < -0.4 is 4.74 Å². The first-order chi connectivity index (χ1) is 13.1. The van der Waals surface area contributed by atoms with Gasteiger partial charge < -0.3 is 14.5 Å². The fourth-order valence-electron chi connectivity index (χ4n) is 4.23. The van der Waals surface area contributed by atoms with Gasteiger partial charge in [0, 0.05) is 38.2 Å². The normalized spacial score (nSPS) is 22.9. The van der Waals surface area contributed by atoms with Gasteiger partial charge in [0.2, 0.25) is 0 Å². The molecule has 2 heterocycles. The average Bonchev–Trinajstić information content (AvgIpc) is 2.73. The lowest BCUT2D eigenvalue weighted by Crippen LogP contribution is -2.50. The molecule has 0 aromatic heterocycles. The van der Waals surface area contributed by atoms with Gasteiger partial charge in [-0.05, 0) is 36.7 Å². The number of rotatable bonds is 3. The zero-order chi connectivity index (χ0) is 18.9. The van der Waals surface area contributed by atoms with E-state index >= 15 is 0 Å². The lowest BCUT2D eigenvalue weighted by Gasteiger charge is -2.40. The van der Waals surface area contributed by atoms with E-state index < -0.39 is 0 Å². The second-order valence-corrected chi connectivity index (χ2v) is 7.69. The van der Waals surface area contributed by atoms with Crippen LogP contribution in [-0.2, 0) is 12.0 Å². The molecule has 1 atom stereocenters. The summed E-state index contributed by atoms with van der Waals surface area (Å²) >= 11 is 0. The molecule has 0 saturated carbocycles. The van der Waals surface area contributed by atoms with E-state index in [1.165, 1.54) is 16.7 Å². The molecule has 2 aliphatic heterocycles. The van der Waals surface area contributed by atoms with Gasteiger partial charge in [-0.2, -0.15) is 0 Å². The van der Waals surface area contributed by atoms with Crippen LogP contribution in [0.25, 0.3) is 0 Å². The fourth-order valence-corrected chi connectivity index (χ4v) is 4.23. The topological polar surface area (TPSA) is 28.1 Å². The monoisotopic (exact) mass is 363 g/mol. The highest BCUT2D eigenvalue weighted by molar-refractivity contribution is 6.01. The molecule has 27 heavy (non-hydrogen) atoms. The van der Waals surface area contributed by atoms with Crippen LogP contribution in [0.5, 0.6) is 5.75 Å². The predicted molar refractivity (Wildman–Crippen MR) is 111 cm³/mol. The van der Waals surface area contributed by atoms with E-state index in [0.29, 0.717) is 0 Å². The van der Waals surface area contributed by atoms with Crippen molar-refractivity contribution in [3.8, 4) is 5.75 Å². The summed E-state index contributed by atoms with van der Waals surface area (Å²) in [6.45, 7) is 9.92. The van der Waals surface area contributed by atoms with Crippen LogP contribution in [0, 0.1) is 0 Å². The number of amidine groups is 1. The molecular formula is C23H29N3O. The lowest BCUT2D eigenvalue weighted by molar-refractivity contribution is 0.188. The van der Waals surface area contributed by atoms with Crippen molar-refractivity contribution in [1.29, 1.82) is 0 Å². The first-order valence-electron chi connectivity index (χ1n) is 9.93. The number of ether oxygens (including phenoxy) is 1. The first-order valence-corrected chi connectivity index (χ1v) is 9.93. The van der Waals surface area contributed by atoms with Crippen molar-refractivity contribution < 1.29 is 4.74 Å². The smallest absolute Gasteiger partial charge is 0.132 e. The van der Waals surface area contributed by atoms with E-state index in [1.54, 1.807) is 7.11 Å². The summed E-state index contributed by atoms with van der Waals surface area (Å²) in [6, 6.07) is 17.2. The molecule has 0 amide bonds. The lowest BCUT2D eigenvalue weighted by atomic mass is 9.81. The van der Waals surface area contributed by atoms with Crippen molar-refractivity contribution in [3.63, 3.8) is 0 Å². The minimum Gasteiger partial charge on any atom is -0.497 e. The van der Waals surface area contributed by atoms with Gasteiger partial charge in [-0.3, -0.25) is 4.99 Å². The molecule has 4 rings (SSSR count). The highest BCUT2D eigenvalue weighted by Crippen LogP contribution is 2.37. The number of methoxy groups -OCH3 is 1. The van der Waals surface area contributed by atoms with Crippen molar-refractivity contribution in [1.82, 2.24) is 9.80 Å². The van der Waals surface area contributed by atoms with Gasteiger partial charge in [0.15, 0.2) is 0 Å². The van der Waals surface area contributed by atoms with Crippen LogP contribution >= 0.6 is 0 Å². The zero-order valence-corrected chi connectivity index (χ0v) is 16.6. The maximum atomic E-state index is 5.34. The van der Waals surface area contributed by atoms with E-state index in [1.807, 2.05) is 12.1 Å². The number of benzene rings is 2. The highest BCUT2D eigenvalue weighted by Gasteiger charge is 2.35. The predicted octanol–water partition coefficient (Wildman–Crippen LogP) is 3.55. The Balaban J connectivity index is 1.71. The van der Waals surface area contributed by atoms with Gasteiger partial charge in [-0.15, -0.1) is 0 Å². The average molecular weight is 364 g/mol. The van der Waals surface area contributed by atoms with Crippen molar-refractivity contribution in [2.45, 2.75) is 25.8 Å². The molecule has 0 N–H and O–H groups in total. The number of hydrogen-bond donors (Lipinski definition) is 0. The largest absolute Gasteiger partial charge is 0.497 e. The van der Waals surface area contributed by atoms with Gasteiger partial charge >= 0.3 is 0 Å². The Morgan fingerprint density at radius 2 is 1.70 bits per heavy atom. The maximum absolute atomic E-state index is 5.34. The molecule has 2 aromatic carbocycles. The Morgan fingerprint density at radius 1 is 1.00 bits per heavy atom. The standard InChI is InChI=1S/C23H29N3O/c1-4-25-13-15-26(16-14-25)22-21-8-6-5-7-18(21)17-23(2,24-22)19-9-11-20(27-3)12-10-19/h5-12H,4,13-17H2,1-3H3. The Hall–Kier alpha value is -2.33. The minimum absolute atomic E-state index is 0.252. The molecule has 0 spiro atoms. The third kappa shape index (κ3) is 3.46. The number of hydrogen-bond acceptors (Lipinski definition) is 4. The van der Waals surface area contributed by atoms with E-state index in [0.717, 1.165) is 50.7 Å². The van der Waals surface area contributed by atoms with E-state index in [4.69, 9.17) is 9.73 Å². The van der Waals surface area contributed by atoms with Crippen molar-refractivity contribution in [2.24, 2.45) is 4.99 Å². The maximum Gasteiger partial charge on any atom is 0.132 e. The fraction of sp³-hybridized carbons (Fsp3) is 0.435. The summed E-state index contributed by atoms with van der Waals surface area (Å²) in [6.07, 6.45) is 0.925. The second kappa shape index (κ2) is 7.35. The number of likely N-dealkylation sites (N-methyl/N-ethyl adjacent to an activating group) is 1. The SMILES string of the molecule is CCN1CCN(C2=NC(C)(c3ccc(OC)cc3)Cc3ccccc32)CC1. The molecule has 4 nitrogen and oxygen atoms in total. The van der Waals surface area contributed by atoms with Gasteiger partial charge in [-0.1, -0.05) is 43.3 Å². The Labute approximate surface area is 162 Å². The summed E-state index contributed by atoms with van der Waals surface area (Å²) in [5.74, 6) is 2.05. The van der Waals surface area contributed by atoms with E-state index in [9.17, 15) is 0 Å². The van der Waals surface area contributed by atoms with Crippen LogP contribution in [0.2, 0.25) is 0 Å². The first kappa shape index (κ1) is 18.1. The molecule has 2 aliphatic rings. The molecule has 142 valence electrons. The second-order valence-electron chi connectivity index (χ2n) is 7.69. The van der Waals surface area contributed by atoms with E-state index in [2.05, 4.69) is 60.0 Å². The molecule has 1 unspecified atom stereocenters. The Kier molecular flexibility index (Phi) is 4.92. The van der Waals surface area contributed by atoms with Crippen molar-refractivity contribution in [2.75, 3.05) is 39.8 Å². The number of nitrogens with zero attached hydrogens (tertiary/aromatic N) is 3. The zero-order valence-electron chi connectivity index (χ0n) is 16.6. The van der Waals surface area contributed by atoms with Crippen molar-refractivity contribution >= 4 is 5.84 Å². The molecule has 1 fully saturated rings. The Bertz CT molecular complexity index is 822. The molecule has 0 aliphatic carbocycles. The molecule has 2 aromatic rings. The third-order valence-corrected chi connectivity index (χ3v) is 5.98. The van der Waals surface area contributed by atoms with Crippen LogP contribution in [-0.4, -0.2) is 55.5 Å². The minimum atomic E-state index is -0.252. The van der Waals surface area contributed by atoms with Crippen LogP contribution in [0.1, 0.15) is 30.5 Å². The number of piperazine rings is 1. The summed E-state index contributed by atoms with van der Waals surface area (Å²) in [5, 5.41) is 0. The third-order valence-electron chi connectivity index (χ3n) is 5.98. The van der Waals surface area contributed by atoms with Gasteiger partial charge in [0.25, 0.3) is 0 Å². The van der Waals surface area contributed by atoms with Crippen molar-refractivity contribution in [3.05, 3.63) is 65.2 Å². The number of fused-ring (bicyclic) bond motifs is 1. The van der Waals surface area contributed by atoms with Gasteiger partial charge in [0.05, 0.1) is 12.6 Å². The number of aliphatic imine (C=N–C) groups is 1. The summed E-state index contributed by atoms with van der Waals surface area (Å²) < 4.78 is 5.33. The molecule has 0 radical (unpaired) electrons. The van der Waals surface area contributed by atoms with Gasteiger partial charge in [0.1, 0.15) is 11.6 Å². The summed E-state index contributed by atoms with van der Waals surface area (Å²) in [4.78, 5) is 10.3. The van der Waals surface area contributed by atoms with Crippen LogP contribution in [0.3, 0.4) is 0 Å². The van der Waals surface area contributed by atoms with Crippen LogP contribution in [0.15, 0.2) is 53.5 Å². The van der Waals surface area contributed by atoms with E-state index in [-0.39, 0.29) is 5.54 Å². The molecule has 4 heteroatoms. The summed E-state index contributed by atoms with van der Waals surface area (Å²) in [7, 11) is 1.71. The molecule has 1 saturated heterocycles. The van der Waals surface area contributed by atoms with Crippen LogP contribution in [0.4, 0.5) is 0 Å². The Morgan fingerprint density at radius 3 is 2.37 bits per heavy atom.